The quantitative estimate of drug-likeness (QED) is 0.530. The monoisotopic (exact) mass is 344 g/mol. The van der Waals surface area contributed by atoms with Crippen molar-refractivity contribution in [1.29, 1.82) is 0 Å². The molecule has 0 atom stereocenters. The summed E-state index contributed by atoms with van der Waals surface area (Å²) in [7, 11) is 0. The predicted molar refractivity (Wildman–Crippen MR) is 105 cm³/mol. The van der Waals surface area contributed by atoms with Crippen molar-refractivity contribution in [1.82, 2.24) is 15.0 Å². The van der Waals surface area contributed by atoms with Crippen LogP contribution in [0.15, 0.2) is 60.7 Å². The van der Waals surface area contributed by atoms with Crippen LogP contribution in [-0.4, -0.2) is 21.6 Å². The van der Waals surface area contributed by atoms with Gasteiger partial charge in [0.2, 0.25) is 0 Å². The Morgan fingerprint density at radius 1 is 1.00 bits per heavy atom. The molecule has 0 aliphatic heterocycles. The zero-order chi connectivity index (χ0) is 17.9. The van der Waals surface area contributed by atoms with E-state index < -0.39 is 0 Å². The summed E-state index contributed by atoms with van der Waals surface area (Å²) in [5, 5.41) is 4.38. The minimum absolute atomic E-state index is 0.655. The Labute approximate surface area is 152 Å². The number of hydrogen-bond acceptors (Lipinski definition) is 4. The summed E-state index contributed by atoms with van der Waals surface area (Å²) < 4.78 is 5.50. The third-order valence-electron chi connectivity index (χ3n) is 4.08. The Bertz CT molecular complexity index is 1020. The van der Waals surface area contributed by atoms with Crippen molar-refractivity contribution in [3.05, 3.63) is 66.4 Å². The lowest BCUT2D eigenvalue weighted by atomic mass is 10.2. The highest BCUT2D eigenvalue weighted by molar-refractivity contribution is 5.91. The summed E-state index contributed by atoms with van der Waals surface area (Å²) in [4.78, 5) is 12.8. The molecule has 0 spiro atoms. The van der Waals surface area contributed by atoms with Crippen LogP contribution >= 0.6 is 0 Å². The van der Waals surface area contributed by atoms with Gasteiger partial charge in [-0.05, 0) is 44.2 Å². The number of H-pyrrole nitrogens is 1. The zero-order valence-corrected chi connectivity index (χ0v) is 14.8. The summed E-state index contributed by atoms with van der Waals surface area (Å²) in [5.41, 5.74) is 3.81. The minimum atomic E-state index is 0.655. The van der Waals surface area contributed by atoms with Crippen LogP contribution in [0.5, 0.6) is 5.75 Å². The molecule has 4 rings (SSSR count). The van der Waals surface area contributed by atoms with E-state index in [-0.39, 0.29) is 0 Å². The SMILES string of the molecule is CCOc1ccc(Nc2nc(-c3ccccc3)nc3[nH]c(C)cc23)cc1. The van der Waals surface area contributed by atoms with Gasteiger partial charge in [-0.3, -0.25) is 0 Å². The third kappa shape index (κ3) is 3.24. The average Bonchev–Trinajstić information content (AvgIpc) is 3.05. The highest BCUT2D eigenvalue weighted by Gasteiger charge is 2.12. The van der Waals surface area contributed by atoms with Gasteiger partial charge in [0.15, 0.2) is 5.82 Å². The molecule has 0 bridgehead atoms. The molecule has 4 aromatic rings. The van der Waals surface area contributed by atoms with Gasteiger partial charge in [0.25, 0.3) is 0 Å². The van der Waals surface area contributed by atoms with Crippen LogP contribution < -0.4 is 10.1 Å². The van der Waals surface area contributed by atoms with E-state index in [1.165, 1.54) is 0 Å². The van der Waals surface area contributed by atoms with Crippen molar-refractivity contribution in [3.8, 4) is 17.1 Å². The average molecular weight is 344 g/mol. The molecule has 0 fully saturated rings. The fourth-order valence-corrected chi connectivity index (χ4v) is 2.89. The van der Waals surface area contributed by atoms with Crippen molar-refractivity contribution >= 4 is 22.5 Å². The van der Waals surface area contributed by atoms with Crippen LogP contribution in [-0.2, 0) is 0 Å². The maximum Gasteiger partial charge on any atom is 0.163 e. The maximum atomic E-state index is 5.50. The van der Waals surface area contributed by atoms with E-state index in [4.69, 9.17) is 9.72 Å². The molecule has 2 aromatic heterocycles. The Kier molecular flexibility index (Phi) is 4.27. The van der Waals surface area contributed by atoms with Gasteiger partial charge in [-0.25, -0.2) is 9.97 Å². The lowest BCUT2D eigenvalue weighted by Crippen LogP contribution is -1.99. The summed E-state index contributed by atoms with van der Waals surface area (Å²) in [6, 6.07) is 19.9. The van der Waals surface area contributed by atoms with Crippen LogP contribution in [0.2, 0.25) is 0 Å². The van der Waals surface area contributed by atoms with Crippen molar-refractivity contribution in [3.63, 3.8) is 0 Å². The normalized spacial score (nSPS) is 10.8. The van der Waals surface area contributed by atoms with E-state index in [1.807, 2.05) is 68.4 Å². The largest absolute Gasteiger partial charge is 0.494 e. The second-order valence-corrected chi connectivity index (χ2v) is 6.06. The number of ether oxygens (including phenoxy) is 1. The number of aryl methyl sites for hydroxylation is 1. The fraction of sp³-hybridized carbons (Fsp3) is 0.143. The van der Waals surface area contributed by atoms with Gasteiger partial charge in [0, 0.05) is 16.9 Å². The number of rotatable bonds is 5. The lowest BCUT2D eigenvalue weighted by Gasteiger charge is -2.10. The van der Waals surface area contributed by atoms with Gasteiger partial charge >= 0.3 is 0 Å². The van der Waals surface area contributed by atoms with Gasteiger partial charge in [-0.2, -0.15) is 0 Å². The van der Waals surface area contributed by atoms with Gasteiger partial charge in [-0.1, -0.05) is 30.3 Å². The van der Waals surface area contributed by atoms with Gasteiger partial charge in [-0.15, -0.1) is 0 Å². The smallest absolute Gasteiger partial charge is 0.163 e. The summed E-state index contributed by atoms with van der Waals surface area (Å²) in [6.45, 7) is 4.65. The first-order valence-corrected chi connectivity index (χ1v) is 8.65. The molecular formula is C21H20N4O. The molecule has 0 saturated heterocycles. The van der Waals surface area contributed by atoms with Gasteiger partial charge in [0.05, 0.1) is 12.0 Å². The van der Waals surface area contributed by atoms with Gasteiger partial charge < -0.3 is 15.0 Å². The molecule has 0 amide bonds. The Hall–Kier alpha value is -3.34. The standard InChI is InChI=1S/C21H20N4O/c1-3-26-17-11-9-16(10-12-17)23-21-18-13-14(2)22-20(18)24-19(25-21)15-7-5-4-6-8-15/h4-13H,3H2,1-2H3,(H2,22,23,24,25). The van der Waals surface area contributed by atoms with Crippen LogP contribution in [0.3, 0.4) is 0 Å². The number of hydrogen-bond donors (Lipinski definition) is 2. The molecule has 5 heteroatoms. The predicted octanol–water partition coefficient (Wildman–Crippen LogP) is 5.08. The molecule has 0 aliphatic rings. The van der Waals surface area contributed by atoms with E-state index in [0.29, 0.717) is 12.4 Å². The summed E-state index contributed by atoms with van der Waals surface area (Å²) >= 11 is 0. The summed E-state index contributed by atoms with van der Waals surface area (Å²) in [5.74, 6) is 2.32. The third-order valence-corrected chi connectivity index (χ3v) is 4.08. The van der Waals surface area contributed by atoms with Crippen LogP contribution in [0.25, 0.3) is 22.4 Å². The highest BCUT2D eigenvalue weighted by atomic mass is 16.5. The molecule has 2 aromatic carbocycles. The van der Waals surface area contributed by atoms with E-state index in [0.717, 1.165) is 39.5 Å². The molecular weight excluding hydrogens is 324 g/mol. The maximum absolute atomic E-state index is 5.50. The highest BCUT2D eigenvalue weighted by Crippen LogP contribution is 2.28. The van der Waals surface area contributed by atoms with Crippen LogP contribution in [0, 0.1) is 6.92 Å². The lowest BCUT2D eigenvalue weighted by molar-refractivity contribution is 0.340. The number of nitrogens with zero attached hydrogens (tertiary/aromatic N) is 2. The molecule has 5 nitrogen and oxygen atoms in total. The van der Waals surface area contributed by atoms with Crippen molar-refractivity contribution in [2.45, 2.75) is 13.8 Å². The molecule has 0 radical (unpaired) electrons. The van der Waals surface area contributed by atoms with Crippen molar-refractivity contribution in [2.75, 3.05) is 11.9 Å². The van der Waals surface area contributed by atoms with E-state index in [2.05, 4.69) is 21.4 Å². The molecule has 0 saturated carbocycles. The summed E-state index contributed by atoms with van der Waals surface area (Å²) in [6.07, 6.45) is 0. The number of nitrogens with one attached hydrogen (secondary N) is 2. The number of fused-ring (bicyclic) bond motifs is 1. The molecule has 0 aliphatic carbocycles. The second-order valence-electron chi connectivity index (χ2n) is 6.06. The zero-order valence-electron chi connectivity index (χ0n) is 14.8. The number of aromatic amines is 1. The van der Waals surface area contributed by atoms with Crippen molar-refractivity contribution < 1.29 is 4.74 Å². The Morgan fingerprint density at radius 3 is 2.50 bits per heavy atom. The van der Waals surface area contributed by atoms with Crippen LogP contribution in [0.1, 0.15) is 12.6 Å². The van der Waals surface area contributed by atoms with E-state index >= 15 is 0 Å². The van der Waals surface area contributed by atoms with Crippen molar-refractivity contribution in [2.24, 2.45) is 0 Å². The first-order chi connectivity index (χ1) is 12.7. The van der Waals surface area contributed by atoms with E-state index in [1.54, 1.807) is 0 Å². The fourth-order valence-electron chi connectivity index (χ4n) is 2.89. The molecule has 0 unspecified atom stereocenters. The first-order valence-electron chi connectivity index (χ1n) is 8.65. The number of benzene rings is 2. The molecule has 26 heavy (non-hydrogen) atoms. The Balaban J connectivity index is 1.75. The van der Waals surface area contributed by atoms with E-state index in [9.17, 15) is 0 Å². The van der Waals surface area contributed by atoms with Gasteiger partial charge in [0.1, 0.15) is 17.2 Å². The number of aromatic nitrogens is 3. The topological polar surface area (TPSA) is 62.8 Å². The minimum Gasteiger partial charge on any atom is -0.494 e. The molecule has 2 N–H and O–H groups in total. The Morgan fingerprint density at radius 2 is 1.77 bits per heavy atom. The number of anilines is 2. The molecule has 130 valence electrons. The molecule has 2 heterocycles. The first kappa shape index (κ1) is 16.1. The second kappa shape index (κ2) is 6.88. The van der Waals surface area contributed by atoms with Crippen LogP contribution in [0.4, 0.5) is 11.5 Å².